The number of hydrogen-bond donors (Lipinski definition) is 1. The average Bonchev–Trinajstić information content (AvgIpc) is 2.71. The van der Waals surface area contributed by atoms with Crippen molar-refractivity contribution in [3.8, 4) is 10.4 Å². The van der Waals surface area contributed by atoms with Gasteiger partial charge < -0.3 is 10.5 Å². The maximum Gasteiger partial charge on any atom is 0.350 e. The first-order valence-electron chi connectivity index (χ1n) is 5.54. The number of esters is 1. The van der Waals surface area contributed by atoms with E-state index in [-0.39, 0.29) is 12.4 Å². The van der Waals surface area contributed by atoms with Gasteiger partial charge in [-0.25, -0.2) is 9.18 Å². The van der Waals surface area contributed by atoms with E-state index in [1.807, 2.05) is 0 Å². The number of nitrogen functional groups attached to an aromatic ring is 1. The number of nitrogens with two attached hydrogens (primary N) is 1. The first-order valence-corrected chi connectivity index (χ1v) is 7.15. The summed E-state index contributed by atoms with van der Waals surface area (Å²) in [5.41, 5.74) is 6.49. The highest BCUT2D eigenvalue weighted by Gasteiger charge is 2.17. The minimum absolute atomic E-state index is 0.276. The highest BCUT2D eigenvalue weighted by Crippen LogP contribution is 2.35. The summed E-state index contributed by atoms with van der Waals surface area (Å²) in [7, 11) is 0. The van der Waals surface area contributed by atoms with Crippen LogP contribution < -0.4 is 5.73 Å². The van der Waals surface area contributed by atoms with E-state index in [4.69, 9.17) is 10.5 Å². The number of carbonyl (C=O) groups is 1. The summed E-state index contributed by atoms with van der Waals surface area (Å²) in [5.74, 6) is -0.847. The van der Waals surface area contributed by atoms with Gasteiger partial charge in [0.1, 0.15) is 10.7 Å². The Morgan fingerprint density at radius 2 is 2.21 bits per heavy atom. The molecule has 0 aliphatic rings. The molecule has 2 rings (SSSR count). The second kappa shape index (κ2) is 5.71. The highest BCUT2D eigenvalue weighted by molar-refractivity contribution is 9.10. The van der Waals surface area contributed by atoms with Crippen molar-refractivity contribution in [1.29, 1.82) is 0 Å². The molecular formula is C13H11BrFNO2S. The smallest absolute Gasteiger partial charge is 0.350 e. The average molecular weight is 344 g/mol. The Morgan fingerprint density at radius 3 is 2.84 bits per heavy atom. The van der Waals surface area contributed by atoms with Gasteiger partial charge in [0.15, 0.2) is 0 Å². The van der Waals surface area contributed by atoms with Gasteiger partial charge in [-0.15, -0.1) is 11.3 Å². The Kier molecular flexibility index (Phi) is 4.21. The Hall–Kier alpha value is -1.40. The third-order valence-corrected chi connectivity index (χ3v) is 4.08. The lowest BCUT2D eigenvalue weighted by Crippen LogP contribution is -2.04. The van der Waals surface area contributed by atoms with E-state index in [1.54, 1.807) is 25.1 Å². The van der Waals surface area contributed by atoms with Crippen LogP contribution in [-0.2, 0) is 4.74 Å². The zero-order chi connectivity index (χ0) is 14.0. The van der Waals surface area contributed by atoms with Crippen LogP contribution in [0.15, 0.2) is 28.7 Å². The maximum atomic E-state index is 13.8. The Balaban J connectivity index is 2.42. The van der Waals surface area contributed by atoms with Crippen molar-refractivity contribution in [2.75, 3.05) is 12.3 Å². The number of anilines is 1. The lowest BCUT2D eigenvalue weighted by molar-refractivity contribution is 0.0533. The van der Waals surface area contributed by atoms with Crippen LogP contribution in [0.4, 0.5) is 10.1 Å². The summed E-state index contributed by atoms with van der Waals surface area (Å²) in [6.07, 6.45) is 0. The molecule has 1 aromatic carbocycles. The van der Waals surface area contributed by atoms with Crippen LogP contribution in [0.2, 0.25) is 0 Å². The van der Waals surface area contributed by atoms with E-state index in [9.17, 15) is 9.18 Å². The number of thiophene rings is 1. The monoisotopic (exact) mass is 343 g/mol. The third-order valence-electron chi connectivity index (χ3n) is 2.42. The molecule has 0 amide bonds. The second-order valence-electron chi connectivity index (χ2n) is 3.74. The molecule has 0 unspecified atom stereocenters. The van der Waals surface area contributed by atoms with Gasteiger partial charge in [0.05, 0.1) is 12.3 Å². The molecule has 0 saturated carbocycles. The third kappa shape index (κ3) is 2.96. The lowest BCUT2D eigenvalue weighted by Gasteiger charge is -2.00. The van der Waals surface area contributed by atoms with Crippen molar-refractivity contribution in [3.05, 3.63) is 39.4 Å². The van der Waals surface area contributed by atoms with E-state index in [2.05, 4.69) is 15.9 Å². The Labute approximate surface area is 122 Å². The topological polar surface area (TPSA) is 52.3 Å². The van der Waals surface area contributed by atoms with Crippen LogP contribution in [0, 0.1) is 5.82 Å². The predicted molar refractivity (Wildman–Crippen MR) is 77.8 cm³/mol. The lowest BCUT2D eigenvalue weighted by atomic mass is 10.2. The zero-order valence-corrected chi connectivity index (χ0v) is 12.5. The standard InChI is InChI=1S/C13H11BrFNO2S/c1-2-18-13(17)12-10(16)6-11(19-12)8-4-3-7(14)5-9(8)15/h3-6H,2,16H2,1H3. The van der Waals surface area contributed by atoms with Crippen LogP contribution in [0.1, 0.15) is 16.6 Å². The fraction of sp³-hybridized carbons (Fsp3) is 0.154. The molecule has 100 valence electrons. The molecule has 1 heterocycles. The molecule has 0 spiro atoms. The van der Waals surface area contributed by atoms with E-state index < -0.39 is 5.97 Å². The molecule has 19 heavy (non-hydrogen) atoms. The molecule has 1 aromatic heterocycles. The molecule has 0 radical (unpaired) electrons. The number of hydrogen-bond acceptors (Lipinski definition) is 4. The number of ether oxygens (including phenoxy) is 1. The minimum atomic E-state index is -0.478. The molecular weight excluding hydrogens is 333 g/mol. The van der Waals surface area contributed by atoms with Crippen molar-refractivity contribution in [3.63, 3.8) is 0 Å². The Morgan fingerprint density at radius 1 is 1.47 bits per heavy atom. The van der Waals surface area contributed by atoms with Crippen LogP contribution >= 0.6 is 27.3 Å². The minimum Gasteiger partial charge on any atom is -0.462 e. The van der Waals surface area contributed by atoms with Crippen LogP contribution in [0.5, 0.6) is 0 Å². The van der Waals surface area contributed by atoms with E-state index in [0.717, 1.165) is 11.3 Å². The summed E-state index contributed by atoms with van der Waals surface area (Å²) < 4.78 is 19.4. The summed E-state index contributed by atoms with van der Waals surface area (Å²) in [5, 5.41) is 0. The number of halogens is 2. The summed E-state index contributed by atoms with van der Waals surface area (Å²) in [4.78, 5) is 12.6. The summed E-state index contributed by atoms with van der Waals surface area (Å²) in [6.45, 7) is 2.00. The van der Waals surface area contributed by atoms with Gasteiger partial charge in [-0.2, -0.15) is 0 Å². The molecule has 6 heteroatoms. The molecule has 0 saturated heterocycles. The van der Waals surface area contributed by atoms with Gasteiger partial charge in [0.2, 0.25) is 0 Å². The predicted octanol–water partition coefficient (Wildman–Crippen LogP) is 4.08. The normalized spacial score (nSPS) is 10.5. The van der Waals surface area contributed by atoms with Crippen LogP contribution in [-0.4, -0.2) is 12.6 Å². The number of benzene rings is 1. The molecule has 0 atom stereocenters. The van der Waals surface area contributed by atoms with Crippen molar-refractivity contribution >= 4 is 38.9 Å². The van der Waals surface area contributed by atoms with Gasteiger partial charge in [0.25, 0.3) is 0 Å². The van der Waals surface area contributed by atoms with Crippen LogP contribution in [0.25, 0.3) is 10.4 Å². The van der Waals surface area contributed by atoms with Gasteiger partial charge in [0, 0.05) is 14.9 Å². The SMILES string of the molecule is CCOC(=O)c1sc(-c2ccc(Br)cc2F)cc1N. The van der Waals surface area contributed by atoms with Crippen molar-refractivity contribution < 1.29 is 13.9 Å². The number of carbonyl (C=O) groups excluding carboxylic acids is 1. The van der Waals surface area contributed by atoms with Gasteiger partial charge in [-0.3, -0.25) is 0 Å². The molecule has 0 bridgehead atoms. The van der Waals surface area contributed by atoms with Gasteiger partial charge >= 0.3 is 5.97 Å². The Bertz CT molecular complexity index is 627. The summed E-state index contributed by atoms with van der Waals surface area (Å²) >= 11 is 4.32. The first kappa shape index (κ1) is 14.0. The highest BCUT2D eigenvalue weighted by atomic mass is 79.9. The molecule has 0 aliphatic carbocycles. The zero-order valence-electron chi connectivity index (χ0n) is 10.1. The fourth-order valence-electron chi connectivity index (χ4n) is 1.58. The van der Waals surface area contributed by atoms with Crippen LogP contribution in [0.3, 0.4) is 0 Å². The van der Waals surface area contributed by atoms with Gasteiger partial charge in [-0.1, -0.05) is 15.9 Å². The van der Waals surface area contributed by atoms with Gasteiger partial charge in [-0.05, 0) is 31.2 Å². The molecule has 3 nitrogen and oxygen atoms in total. The van der Waals surface area contributed by atoms with E-state index >= 15 is 0 Å². The second-order valence-corrected chi connectivity index (χ2v) is 5.71. The van der Waals surface area contributed by atoms with Crippen molar-refractivity contribution in [1.82, 2.24) is 0 Å². The molecule has 0 fully saturated rings. The van der Waals surface area contributed by atoms with E-state index in [0.29, 0.717) is 25.5 Å². The fourth-order valence-corrected chi connectivity index (χ4v) is 2.92. The van der Waals surface area contributed by atoms with E-state index in [1.165, 1.54) is 6.07 Å². The summed E-state index contributed by atoms with van der Waals surface area (Å²) in [6, 6.07) is 6.33. The largest absolute Gasteiger partial charge is 0.462 e. The number of rotatable bonds is 3. The molecule has 0 aliphatic heterocycles. The van der Waals surface area contributed by atoms with Crippen molar-refractivity contribution in [2.24, 2.45) is 0 Å². The molecule has 2 N–H and O–H groups in total. The maximum absolute atomic E-state index is 13.8. The first-order chi connectivity index (χ1) is 9.02. The molecule has 2 aromatic rings. The van der Waals surface area contributed by atoms with Crippen molar-refractivity contribution in [2.45, 2.75) is 6.92 Å². The quantitative estimate of drug-likeness (QED) is 0.854.